The van der Waals surface area contributed by atoms with E-state index >= 15 is 0 Å². The fourth-order valence-electron chi connectivity index (χ4n) is 1.15. The Balaban J connectivity index is 1.61. The smallest absolute Gasteiger partial charge is 0.259 e. The zero-order chi connectivity index (χ0) is 10.3. The number of rotatable bonds is 4. The second-order valence-electron chi connectivity index (χ2n) is 2.94. The Morgan fingerprint density at radius 1 is 0.867 bits per heavy atom. The second-order valence-corrected chi connectivity index (χ2v) is 2.94. The first-order chi connectivity index (χ1) is 7.45. The topological polar surface area (TPSA) is 36.9 Å². The summed E-state index contributed by atoms with van der Waals surface area (Å²) in [5, 5.41) is 0. The van der Waals surface area contributed by atoms with E-state index in [2.05, 4.69) is 0 Å². The number of allylic oxidation sites excluding steroid dienone is 2. The van der Waals surface area contributed by atoms with Gasteiger partial charge in [-0.1, -0.05) is 18.2 Å². The lowest BCUT2D eigenvalue weighted by Crippen LogP contribution is -2.04. The minimum absolute atomic E-state index is 0.185. The highest BCUT2D eigenvalue weighted by molar-refractivity contribution is 5.05. The number of hydrogen-bond acceptors (Lipinski definition) is 4. The maximum Gasteiger partial charge on any atom is 0.259 e. The Morgan fingerprint density at radius 2 is 1.53 bits per heavy atom. The molecule has 0 spiro atoms. The molecule has 0 aromatic rings. The molecule has 0 fully saturated rings. The quantitative estimate of drug-likeness (QED) is 0.663. The van der Waals surface area contributed by atoms with Crippen LogP contribution in [0.1, 0.15) is 6.42 Å². The third-order valence-corrected chi connectivity index (χ3v) is 1.84. The predicted molar refractivity (Wildman–Crippen MR) is 53.1 cm³/mol. The van der Waals surface area contributed by atoms with Crippen LogP contribution in [0.2, 0.25) is 0 Å². The molecule has 0 amide bonds. The van der Waals surface area contributed by atoms with Gasteiger partial charge in [0.15, 0.2) is 0 Å². The van der Waals surface area contributed by atoms with Gasteiger partial charge in [-0.25, -0.2) is 0 Å². The van der Waals surface area contributed by atoms with Crippen molar-refractivity contribution in [2.45, 2.75) is 19.0 Å². The minimum Gasteiger partial charge on any atom is -0.459 e. The molecular weight excluding hydrogens is 196 g/mol. The van der Waals surface area contributed by atoms with Crippen LogP contribution in [-0.2, 0) is 18.9 Å². The molecule has 2 aliphatic heterocycles. The normalized spacial score (nSPS) is 20.8. The molecule has 15 heavy (non-hydrogen) atoms. The Kier molecular flexibility index (Phi) is 3.33. The van der Waals surface area contributed by atoms with Crippen LogP contribution in [0.5, 0.6) is 0 Å². The maximum absolute atomic E-state index is 5.10. The van der Waals surface area contributed by atoms with Crippen molar-refractivity contribution in [1.29, 1.82) is 0 Å². The van der Waals surface area contributed by atoms with Crippen LogP contribution in [0.15, 0.2) is 49.4 Å². The van der Waals surface area contributed by atoms with Gasteiger partial charge < -0.3 is 18.9 Å². The lowest BCUT2D eigenvalue weighted by atomic mass is 10.3. The summed E-state index contributed by atoms with van der Waals surface area (Å²) in [4.78, 5) is 0. The van der Waals surface area contributed by atoms with Crippen molar-refractivity contribution in [3.8, 4) is 0 Å². The van der Waals surface area contributed by atoms with Gasteiger partial charge in [-0.05, 0) is 6.08 Å². The van der Waals surface area contributed by atoms with E-state index in [1.54, 1.807) is 12.5 Å². The minimum atomic E-state index is -0.296. The Labute approximate surface area is 88.1 Å². The molecule has 0 N–H and O–H groups in total. The van der Waals surface area contributed by atoms with Crippen molar-refractivity contribution in [2.75, 3.05) is 0 Å². The first-order valence-electron chi connectivity index (χ1n) is 4.70. The third kappa shape index (κ3) is 3.09. The van der Waals surface area contributed by atoms with Gasteiger partial charge in [0.2, 0.25) is 6.29 Å². The number of hydrogen-bond donors (Lipinski definition) is 0. The van der Waals surface area contributed by atoms with Crippen LogP contribution in [0.4, 0.5) is 0 Å². The highest BCUT2D eigenvalue weighted by Gasteiger charge is 2.08. The van der Waals surface area contributed by atoms with Crippen molar-refractivity contribution < 1.29 is 18.9 Å². The van der Waals surface area contributed by atoms with E-state index in [0.717, 1.165) is 0 Å². The van der Waals surface area contributed by atoms with Crippen molar-refractivity contribution in [1.82, 2.24) is 0 Å². The van der Waals surface area contributed by atoms with E-state index in [0.29, 0.717) is 6.42 Å². The molecular formula is C11H12O4. The summed E-state index contributed by atoms with van der Waals surface area (Å²) in [5.74, 6) is 0. The summed E-state index contributed by atoms with van der Waals surface area (Å²) < 4.78 is 20.3. The number of ether oxygens (including phenoxy) is 4. The summed E-state index contributed by atoms with van der Waals surface area (Å²) in [6.45, 7) is 0. The van der Waals surface area contributed by atoms with Crippen LogP contribution in [0.25, 0.3) is 0 Å². The van der Waals surface area contributed by atoms with Crippen molar-refractivity contribution in [3.05, 3.63) is 49.4 Å². The molecule has 0 radical (unpaired) electrons. The molecule has 80 valence electrons. The Bertz CT molecular complexity index is 288. The van der Waals surface area contributed by atoms with E-state index in [4.69, 9.17) is 18.9 Å². The van der Waals surface area contributed by atoms with E-state index in [9.17, 15) is 0 Å². The van der Waals surface area contributed by atoms with Gasteiger partial charge in [0.05, 0.1) is 0 Å². The zero-order valence-electron chi connectivity index (χ0n) is 8.11. The van der Waals surface area contributed by atoms with E-state index in [-0.39, 0.29) is 12.6 Å². The van der Waals surface area contributed by atoms with Crippen LogP contribution >= 0.6 is 0 Å². The molecule has 4 heteroatoms. The molecule has 2 rings (SSSR count). The van der Waals surface area contributed by atoms with Crippen molar-refractivity contribution in [3.63, 3.8) is 0 Å². The highest BCUT2D eigenvalue weighted by Crippen LogP contribution is 2.09. The molecule has 0 unspecified atom stereocenters. The largest absolute Gasteiger partial charge is 0.459 e. The molecule has 0 atom stereocenters. The van der Waals surface area contributed by atoms with Crippen LogP contribution in [0, 0.1) is 0 Å². The van der Waals surface area contributed by atoms with Gasteiger partial charge in [0.25, 0.3) is 6.29 Å². The summed E-state index contributed by atoms with van der Waals surface area (Å²) >= 11 is 0. The summed E-state index contributed by atoms with van der Waals surface area (Å²) in [5.41, 5.74) is 0. The summed E-state index contributed by atoms with van der Waals surface area (Å²) in [7, 11) is 0. The Hall–Kier alpha value is -1.84. The van der Waals surface area contributed by atoms with Crippen LogP contribution < -0.4 is 0 Å². The monoisotopic (exact) mass is 208 g/mol. The average Bonchev–Trinajstić information content (AvgIpc) is 2.88. The second kappa shape index (κ2) is 5.14. The highest BCUT2D eigenvalue weighted by atomic mass is 16.7. The van der Waals surface area contributed by atoms with Gasteiger partial charge in [0.1, 0.15) is 25.0 Å². The molecule has 0 aliphatic carbocycles. The summed E-state index contributed by atoms with van der Waals surface area (Å²) in [6, 6.07) is 0. The summed E-state index contributed by atoms with van der Waals surface area (Å²) in [6.07, 6.45) is 13.9. The van der Waals surface area contributed by atoms with Gasteiger partial charge in [0, 0.05) is 6.42 Å². The first-order valence-corrected chi connectivity index (χ1v) is 4.70. The Morgan fingerprint density at radius 3 is 2.27 bits per heavy atom. The lowest BCUT2D eigenvalue weighted by Gasteiger charge is -2.05. The third-order valence-electron chi connectivity index (χ3n) is 1.84. The van der Waals surface area contributed by atoms with Crippen LogP contribution in [0.3, 0.4) is 0 Å². The van der Waals surface area contributed by atoms with Crippen molar-refractivity contribution in [2.24, 2.45) is 0 Å². The molecule has 0 aromatic heterocycles. The maximum atomic E-state index is 5.10. The van der Waals surface area contributed by atoms with Gasteiger partial charge in [-0.15, -0.1) is 0 Å². The SMILES string of the molecule is C1=COC(/C=C/C=C/CC2OC=CO2)O1. The van der Waals surface area contributed by atoms with Gasteiger partial charge in [-0.3, -0.25) is 0 Å². The molecule has 0 bridgehead atoms. The molecule has 4 nitrogen and oxygen atoms in total. The van der Waals surface area contributed by atoms with E-state index in [1.165, 1.54) is 12.5 Å². The molecule has 2 heterocycles. The predicted octanol–water partition coefficient (Wildman–Crippen LogP) is 2.18. The van der Waals surface area contributed by atoms with E-state index < -0.39 is 0 Å². The van der Waals surface area contributed by atoms with Gasteiger partial charge >= 0.3 is 0 Å². The van der Waals surface area contributed by atoms with Crippen molar-refractivity contribution >= 4 is 0 Å². The van der Waals surface area contributed by atoms with E-state index in [1.807, 2.05) is 24.3 Å². The molecule has 2 aliphatic rings. The van der Waals surface area contributed by atoms with Gasteiger partial charge in [-0.2, -0.15) is 0 Å². The first kappa shape index (κ1) is 9.71. The molecule has 0 aromatic carbocycles. The fraction of sp³-hybridized carbons (Fsp3) is 0.273. The zero-order valence-corrected chi connectivity index (χ0v) is 8.11. The lowest BCUT2D eigenvalue weighted by molar-refractivity contribution is -0.0188. The van der Waals surface area contributed by atoms with Crippen LogP contribution in [-0.4, -0.2) is 12.6 Å². The molecule has 0 saturated heterocycles. The fourth-order valence-corrected chi connectivity index (χ4v) is 1.15. The molecule has 0 saturated carbocycles. The standard InChI is InChI=1S/C11H12O4/c1(2-4-10-12-6-7-13-10)3-5-11-14-8-9-15-11/h1-4,6-11H,5H2/b3-1+,4-2+. The average molecular weight is 208 g/mol.